The molecular weight excluding hydrogens is 183 g/mol. The summed E-state index contributed by atoms with van der Waals surface area (Å²) in [5.74, 6) is 0. The summed E-state index contributed by atoms with van der Waals surface area (Å²) in [5, 5.41) is 0.732. The zero-order valence-corrected chi connectivity index (χ0v) is 8.84. The van der Waals surface area contributed by atoms with Crippen LogP contribution in [-0.4, -0.2) is 13.3 Å². The summed E-state index contributed by atoms with van der Waals surface area (Å²) < 4.78 is 11.8. The molecule has 0 atom stereocenters. The van der Waals surface area contributed by atoms with E-state index in [1.54, 1.807) is 19.4 Å². The second-order valence-electron chi connectivity index (χ2n) is 3.45. The van der Waals surface area contributed by atoms with Crippen molar-refractivity contribution in [3.05, 3.63) is 23.8 Å². The van der Waals surface area contributed by atoms with Crippen LogP contribution in [0.5, 0.6) is 0 Å². The van der Waals surface area contributed by atoms with E-state index < -0.39 is 7.14 Å². The Balaban J connectivity index is 3.27. The van der Waals surface area contributed by atoms with E-state index in [-0.39, 0.29) is 0 Å². The molecule has 0 amide bonds. The molecule has 0 spiro atoms. The van der Waals surface area contributed by atoms with Crippen LogP contribution < -0.4 is 16.8 Å². The van der Waals surface area contributed by atoms with Crippen molar-refractivity contribution >= 4 is 18.1 Å². The zero-order chi connectivity index (χ0) is 10.1. The van der Waals surface area contributed by atoms with Crippen molar-refractivity contribution in [1.29, 1.82) is 0 Å². The molecule has 0 aliphatic carbocycles. The molecule has 1 aromatic rings. The lowest BCUT2D eigenvalue weighted by Crippen LogP contribution is -2.11. The zero-order valence-electron chi connectivity index (χ0n) is 7.95. The molecular formula is C9H15N2OP. The maximum atomic E-state index is 11.8. The smallest absolute Gasteiger partial charge is 0.111 e. The van der Waals surface area contributed by atoms with Gasteiger partial charge in [0.15, 0.2) is 0 Å². The van der Waals surface area contributed by atoms with Crippen LogP contribution in [0.15, 0.2) is 18.2 Å². The van der Waals surface area contributed by atoms with E-state index in [1.807, 2.05) is 12.1 Å². The summed E-state index contributed by atoms with van der Waals surface area (Å²) in [6.07, 6.45) is 0. The first kappa shape index (κ1) is 10.3. The van der Waals surface area contributed by atoms with Gasteiger partial charge in [-0.05, 0) is 31.0 Å². The highest BCUT2D eigenvalue weighted by atomic mass is 31.2. The van der Waals surface area contributed by atoms with Crippen LogP contribution >= 0.6 is 7.14 Å². The average Bonchev–Trinajstić information content (AvgIpc) is 2.03. The van der Waals surface area contributed by atoms with Crippen molar-refractivity contribution in [3.8, 4) is 0 Å². The van der Waals surface area contributed by atoms with Gasteiger partial charge in [0.05, 0.1) is 0 Å². The molecule has 0 saturated carbocycles. The van der Waals surface area contributed by atoms with Crippen molar-refractivity contribution in [3.63, 3.8) is 0 Å². The number of nitrogen functional groups attached to an aromatic ring is 1. The van der Waals surface area contributed by atoms with E-state index in [4.69, 9.17) is 11.5 Å². The van der Waals surface area contributed by atoms with Crippen LogP contribution in [0.2, 0.25) is 0 Å². The van der Waals surface area contributed by atoms with E-state index >= 15 is 0 Å². The second-order valence-corrected chi connectivity index (χ2v) is 6.63. The fourth-order valence-corrected chi connectivity index (χ4v) is 2.36. The first-order valence-electron chi connectivity index (χ1n) is 4.09. The van der Waals surface area contributed by atoms with E-state index in [0.717, 1.165) is 10.9 Å². The minimum Gasteiger partial charge on any atom is -0.398 e. The number of nitrogens with two attached hydrogens (primary N) is 2. The first-order valence-corrected chi connectivity index (χ1v) is 6.69. The van der Waals surface area contributed by atoms with Crippen molar-refractivity contribution in [1.82, 2.24) is 0 Å². The highest BCUT2D eigenvalue weighted by molar-refractivity contribution is 7.70. The Hall–Kier alpha value is -0.790. The third kappa shape index (κ3) is 2.33. The standard InChI is InChI=1S/C9H15N2OP/c1-13(2,12)9-5-7(6-10)3-4-8(9)11/h3-5H,6,10-11H2,1-2H3. The molecule has 0 aromatic heterocycles. The minimum absolute atomic E-state index is 0.452. The number of anilines is 1. The number of hydrogen-bond acceptors (Lipinski definition) is 3. The third-order valence-electron chi connectivity index (χ3n) is 1.91. The molecule has 0 heterocycles. The van der Waals surface area contributed by atoms with Crippen LogP contribution in [-0.2, 0) is 11.1 Å². The molecule has 0 bridgehead atoms. The van der Waals surface area contributed by atoms with Gasteiger partial charge in [0, 0.05) is 17.5 Å². The summed E-state index contributed by atoms with van der Waals surface area (Å²) in [4.78, 5) is 0. The molecule has 0 saturated heterocycles. The van der Waals surface area contributed by atoms with Crippen molar-refractivity contribution < 1.29 is 4.57 Å². The molecule has 1 rings (SSSR count). The van der Waals surface area contributed by atoms with Crippen molar-refractivity contribution in [2.75, 3.05) is 19.1 Å². The van der Waals surface area contributed by atoms with Gasteiger partial charge in [0.2, 0.25) is 0 Å². The lowest BCUT2D eigenvalue weighted by Gasteiger charge is -2.11. The van der Waals surface area contributed by atoms with E-state index in [2.05, 4.69) is 0 Å². The number of rotatable bonds is 2. The third-order valence-corrected chi connectivity index (χ3v) is 3.46. The van der Waals surface area contributed by atoms with Crippen LogP contribution in [0.25, 0.3) is 0 Å². The maximum absolute atomic E-state index is 11.8. The molecule has 3 nitrogen and oxygen atoms in total. The Morgan fingerprint density at radius 1 is 1.38 bits per heavy atom. The molecule has 0 aliphatic heterocycles. The van der Waals surface area contributed by atoms with Gasteiger partial charge in [-0.15, -0.1) is 0 Å². The van der Waals surface area contributed by atoms with Gasteiger partial charge < -0.3 is 16.0 Å². The normalized spacial score (nSPS) is 11.6. The number of benzene rings is 1. The molecule has 0 fully saturated rings. The molecule has 0 unspecified atom stereocenters. The van der Waals surface area contributed by atoms with E-state index in [9.17, 15) is 4.57 Å². The molecule has 0 aliphatic rings. The fraction of sp³-hybridized carbons (Fsp3) is 0.333. The van der Waals surface area contributed by atoms with Crippen LogP contribution in [0.4, 0.5) is 5.69 Å². The average molecular weight is 198 g/mol. The van der Waals surface area contributed by atoms with Gasteiger partial charge in [0.1, 0.15) is 7.14 Å². The topological polar surface area (TPSA) is 69.1 Å². The van der Waals surface area contributed by atoms with Crippen molar-refractivity contribution in [2.24, 2.45) is 5.73 Å². The molecule has 0 radical (unpaired) electrons. The van der Waals surface area contributed by atoms with E-state index in [1.165, 1.54) is 0 Å². The Labute approximate surface area is 78.5 Å². The highest BCUT2D eigenvalue weighted by Crippen LogP contribution is 2.37. The SMILES string of the molecule is CP(C)(=O)c1cc(CN)ccc1N. The Morgan fingerprint density at radius 3 is 2.46 bits per heavy atom. The summed E-state index contributed by atoms with van der Waals surface area (Å²) in [5.41, 5.74) is 12.8. The van der Waals surface area contributed by atoms with Crippen LogP contribution in [0.3, 0.4) is 0 Å². The summed E-state index contributed by atoms with van der Waals surface area (Å²) >= 11 is 0. The summed E-state index contributed by atoms with van der Waals surface area (Å²) in [6, 6.07) is 5.45. The fourth-order valence-electron chi connectivity index (χ4n) is 1.18. The van der Waals surface area contributed by atoms with Gasteiger partial charge in [-0.1, -0.05) is 6.07 Å². The maximum Gasteiger partial charge on any atom is 0.111 e. The monoisotopic (exact) mass is 198 g/mol. The number of hydrogen-bond donors (Lipinski definition) is 2. The van der Waals surface area contributed by atoms with Gasteiger partial charge in [-0.2, -0.15) is 0 Å². The van der Waals surface area contributed by atoms with Gasteiger partial charge in [-0.3, -0.25) is 0 Å². The van der Waals surface area contributed by atoms with Crippen molar-refractivity contribution in [2.45, 2.75) is 6.54 Å². The predicted octanol–water partition coefficient (Wildman–Crippen LogP) is 0.976. The molecule has 72 valence electrons. The predicted molar refractivity (Wildman–Crippen MR) is 57.8 cm³/mol. The minimum atomic E-state index is -2.28. The lowest BCUT2D eigenvalue weighted by atomic mass is 10.2. The van der Waals surface area contributed by atoms with E-state index in [0.29, 0.717) is 12.2 Å². The molecule has 13 heavy (non-hydrogen) atoms. The van der Waals surface area contributed by atoms with Crippen LogP contribution in [0, 0.1) is 0 Å². The lowest BCUT2D eigenvalue weighted by molar-refractivity contribution is 0.588. The Kier molecular flexibility index (Phi) is 2.79. The van der Waals surface area contributed by atoms with Crippen LogP contribution in [0.1, 0.15) is 5.56 Å². The molecule has 4 N–H and O–H groups in total. The van der Waals surface area contributed by atoms with Gasteiger partial charge in [0.25, 0.3) is 0 Å². The van der Waals surface area contributed by atoms with Gasteiger partial charge in [-0.25, -0.2) is 0 Å². The van der Waals surface area contributed by atoms with Gasteiger partial charge >= 0.3 is 0 Å². The highest BCUT2D eigenvalue weighted by Gasteiger charge is 2.14. The first-order chi connectivity index (χ1) is 5.95. The molecule has 4 heteroatoms. The Morgan fingerprint density at radius 2 is 2.00 bits per heavy atom. The summed E-state index contributed by atoms with van der Waals surface area (Å²) in [6.45, 7) is 3.87. The Bertz CT molecular complexity index is 357. The summed E-state index contributed by atoms with van der Waals surface area (Å²) in [7, 11) is -2.28. The second kappa shape index (κ2) is 3.52. The quantitative estimate of drug-likeness (QED) is 0.549. The molecule has 1 aromatic carbocycles. The largest absolute Gasteiger partial charge is 0.398 e.